The van der Waals surface area contributed by atoms with Gasteiger partial charge < -0.3 is 10.1 Å². The molecule has 0 bridgehead atoms. The zero-order chi connectivity index (χ0) is 15.5. The van der Waals surface area contributed by atoms with Crippen LogP contribution in [0.15, 0.2) is 48.7 Å². The van der Waals surface area contributed by atoms with Crippen LogP contribution in [-0.4, -0.2) is 23.0 Å². The fourth-order valence-electron chi connectivity index (χ4n) is 2.27. The molecule has 2 heterocycles. The van der Waals surface area contributed by atoms with Crippen LogP contribution in [0.2, 0.25) is 0 Å². The minimum absolute atomic E-state index is 0.186. The minimum atomic E-state index is -0.186. The third-order valence-corrected chi connectivity index (χ3v) is 3.29. The van der Waals surface area contributed by atoms with Gasteiger partial charge in [-0.3, -0.25) is 9.78 Å². The van der Waals surface area contributed by atoms with Gasteiger partial charge in [-0.25, -0.2) is 4.98 Å². The van der Waals surface area contributed by atoms with Crippen molar-refractivity contribution in [2.45, 2.75) is 6.92 Å². The number of carbonyl (C=O) groups is 1. The van der Waals surface area contributed by atoms with Crippen LogP contribution >= 0.6 is 0 Å². The van der Waals surface area contributed by atoms with Crippen molar-refractivity contribution in [2.75, 3.05) is 12.4 Å². The Kier molecular flexibility index (Phi) is 3.70. The highest BCUT2D eigenvalue weighted by molar-refractivity contribution is 6.12. The second kappa shape index (κ2) is 5.81. The summed E-state index contributed by atoms with van der Waals surface area (Å²) in [6, 6.07) is 12.8. The number of para-hydroxylation sites is 1. The first kappa shape index (κ1) is 14.0. The van der Waals surface area contributed by atoms with Gasteiger partial charge in [0.05, 0.1) is 30.1 Å². The Morgan fingerprint density at radius 3 is 2.73 bits per heavy atom. The van der Waals surface area contributed by atoms with Gasteiger partial charge in [-0.1, -0.05) is 18.2 Å². The number of carbonyl (C=O) groups excluding carboxylic acids is 1. The second-order valence-corrected chi connectivity index (χ2v) is 4.87. The number of ether oxygens (including phenoxy) is 1. The summed E-state index contributed by atoms with van der Waals surface area (Å²) in [5.41, 5.74) is 2.82. The normalized spacial score (nSPS) is 10.5. The number of aromatic nitrogens is 2. The lowest BCUT2D eigenvalue weighted by Gasteiger charge is -2.09. The summed E-state index contributed by atoms with van der Waals surface area (Å²) in [5, 5.41) is 3.67. The van der Waals surface area contributed by atoms with Crippen LogP contribution in [-0.2, 0) is 0 Å². The van der Waals surface area contributed by atoms with Crippen molar-refractivity contribution in [1.29, 1.82) is 0 Å². The summed E-state index contributed by atoms with van der Waals surface area (Å²) in [4.78, 5) is 21.1. The molecule has 2 aromatic heterocycles. The smallest absolute Gasteiger partial charge is 0.256 e. The van der Waals surface area contributed by atoms with Crippen LogP contribution in [0.1, 0.15) is 16.1 Å². The monoisotopic (exact) mass is 293 g/mol. The van der Waals surface area contributed by atoms with Crippen LogP contribution in [0.4, 0.5) is 5.69 Å². The van der Waals surface area contributed by atoms with Crippen molar-refractivity contribution in [3.05, 3.63) is 59.9 Å². The van der Waals surface area contributed by atoms with Crippen molar-refractivity contribution >= 4 is 22.5 Å². The Labute approximate surface area is 128 Å². The quantitative estimate of drug-likeness (QED) is 0.805. The molecule has 0 unspecified atom stereocenters. The van der Waals surface area contributed by atoms with E-state index in [0.717, 1.165) is 16.6 Å². The Morgan fingerprint density at radius 2 is 2.00 bits per heavy atom. The molecule has 5 nitrogen and oxygen atoms in total. The lowest BCUT2D eigenvalue weighted by Crippen LogP contribution is -2.13. The second-order valence-electron chi connectivity index (χ2n) is 4.87. The Hall–Kier alpha value is -2.95. The average molecular weight is 293 g/mol. The number of nitrogens with zero attached hydrogens (tertiary/aromatic N) is 2. The highest BCUT2D eigenvalue weighted by Crippen LogP contribution is 2.20. The maximum atomic E-state index is 12.5. The van der Waals surface area contributed by atoms with Gasteiger partial charge in [0.2, 0.25) is 5.88 Å². The van der Waals surface area contributed by atoms with Crippen LogP contribution in [0.5, 0.6) is 5.88 Å². The number of fused-ring (bicyclic) bond motifs is 1. The molecule has 110 valence electrons. The van der Waals surface area contributed by atoms with Crippen LogP contribution in [0.3, 0.4) is 0 Å². The zero-order valence-corrected chi connectivity index (χ0v) is 12.3. The molecular weight excluding hydrogens is 278 g/mol. The standard InChI is InChI=1S/C17H15N3O2/c1-11-9-14(13-5-3-4-6-15(13)19-11)17(21)20-12-7-8-16(22-2)18-10-12/h3-10H,1-2H3,(H,20,21). The number of rotatable bonds is 3. The van der Waals surface area contributed by atoms with Gasteiger partial charge in [0.1, 0.15) is 0 Å². The van der Waals surface area contributed by atoms with Crippen molar-refractivity contribution in [2.24, 2.45) is 0 Å². The summed E-state index contributed by atoms with van der Waals surface area (Å²) in [7, 11) is 1.55. The number of hydrogen-bond acceptors (Lipinski definition) is 4. The number of methoxy groups -OCH3 is 1. The summed E-state index contributed by atoms with van der Waals surface area (Å²) >= 11 is 0. The predicted molar refractivity (Wildman–Crippen MR) is 85.2 cm³/mol. The van der Waals surface area contributed by atoms with Gasteiger partial charge >= 0.3 is 0 Å². The highest BCUT2D eigenvalue weighted by Gasteiger charge is 2.12. The Bertz CT molecular complexity index is 829. The fourth-order valence-corrected chi connectivity index (χ4v) is 2.27. The SMILES string of the molecule is COc1ccc(NC(=O)c2cc(C)nc3ccccc23)cn1. The van der Waals surface area contributed by atoms with E-state index in [2.05, 4.69) is 15.3 Å². The Morgan fingerprint density at radius 1 is 1.18 bits per heavy atom. The van der Waals surface area contributed by atoms with E-state index in [4.69, 9.17) is 4.74 Å². The molecule has 0 atom stereocenters. The van der Waals surface area contributed by atoms with E-state index in [1.54, 1.807) is 31.5 Å². The van der Waals surface area contributed by atoms with Crippen molar-refractivity contribution in [3.8, 4) is 5.88 Å². The van der Waals surface area contributed by atoms with E-state index in [0.29, 0.717) is 17.1 Å². The van der Waals surface area contributed by atoms with Crippen LogP contribution in [0.25, 0.3) is 10.9 Å². The van der Waals surface area contributed by atoms with E-state index in [1.165, 1.54) is 0 Å². The topological polar surface area (TPSA) is 64.1 Å². The maximum absolute atomic E-state index is 12.5. The molecule has 1 N–H and O–H groups in total. The third-order valence-electron chi connectivity index (χ3n) is 3.29. The number of aryl methyl sites for hydroxylation is 1. The van der Waals surface area contributed by atoms with Gasteiger partial charge in [-0.05, 0) is 25.1 Å². The van der Waals surface area contributed by atoms with E-state index in [1.807, 2.05) is 31.2 Å². The highest BCUT2D eigenvalue weighted by atomic mass is 16.5. The molecule has 5 heteroatoms. The van der Waals surface area contributed by atoms with Crippen molar-refractivity contribution in [1.82, 2.24) is 9.97 Å². The van der Waals surface area contributed by atoms with Crippen molar-refractivity contribution < 1.29 is 9.53 Å². The van der Waals surface area contributed by atoms with Crippen LogP contribution in [0, 0.1) is 6.92 Å². The molecule has 0 aliphatic heterocycles. The number of nitrogens with one attached hydrogen (secondary N) is 1. The third kappa shape index (κ3) is 2.74. The van der Waals surface area contributed by atoms with E-state index < -0.39 is 0 Å². The van der Waals surface area contributed by atoms with Crippen molar-refractivity contribution in [3.63, 3.8) is 0 Å². The molecule has 1 amide bonds. The summed E-state index contributed by atoms with van der Waals surface area (Å²) < 4.78 is 5.00. The van der Waals surface area contributed by atoms with Gasteiger partial charge in [0.25, 0.3) is 5.91 Å². The molecule has 22 heavy (non-hydrogen) atoms. The number of anilines is 1. The Balaban J connectivity index is 1.94. The molecular formula is C17H15N3O2. The van der Waals surface area contributed by atoms with Gasteiger partial charge in [-0.2, -0.15) is 0 Å². The first-order valence-electron chi connectivity index (χ1n) is 6.85. The minimum Gasteiger partial charge on any atom is -0.481 e. The number of pyridine rings is 2. The molecule has 0 aliphatic rings. The summed E-state index contributed by atoms with van der Waals surface area (Å²) in [5.74, 6) is 0.317. The lowest BCUT2D eigenvalue weighted by atomic mass is 10.1. The molecule has 0 spiro atoms. The molecule has 1 aromatic carbocycles. The van der Waals surface area contributed by atoms with Gasteiger partial charge in [0.15, 0.2) is 0 Å². The molecule has 0 aliphatic carbocycles. The predicted octanol–water partition coefficient (Wildman–Crippen LogP) is 3.20. The van der Waals surface area contributed by atoms with E-state index in [9.17, 15) is 4.79 Å². The molecule has 0 saturated carbocycles. The molecule has 0 radical (unpaired) electrons. The molecule has 0 saturated heterocycles. The lowest BCUT2D eigenvalue weighted by molar-refractivity contribution is 0.102. The number of amides is 1. The summed E-state index contributed by atoms with van der Waals surface area (Å²) in [6.07, 6.45) is 1.56. The number of benzene rings is 1. The van der Waals surface area contributed by atoms with Gasteiger partial charge in [-0.15, -0.1) is 0 Å². The largest absolute Gasteiger partial charge is 0.481 e. The first-order chi connectivity index (χ1) is 10.7. The molecule has 3 rings (SSSR count). The maximum Gasteiger partial charge on any atom is 0.256 e. The van der Waals surface area contributed by atoms with Gasteiger partial charge in [0, 0.05) is 17.1 Å². The zero-order valence-electron chi connectivity index (χ0n) is 12.3. The van der Waals surface area contributed by atoms with E-state index in [-0.39, 0.29) is 5.91 Å². The van der Waals surface area contributed by atoms with E-state index >= 15 is 0 Å². The fraction of sp³-hybridized carbons (Fsp3) is 0.118. The number of hydrogen-bond donors (Lipinski definition) is 1. The first-order valence-corrected chi connectivity index (χ1v) is 6.85. The molecule has 3 aromatic rings. The average Bonchev–Trinajstić information content (AvgIpc) is 2.54. The molecule has 0 fully saturated rings. The van der Waals surface area contributed by atoms with Crippen LogP contribution < -0.4 is 10.1 Å². The summed E-state index contributed by atoms with van der Waals surface area (Å²) in [6.45, 7) is 1.87.